The van der Waals surface area contributed by atoms with Crippen molar-refractivity contribution in [1.29, 1.82) is 0 Å². The minimum atomic E-state index is -0.0101. The van der Waals surface area contributed by atoms with Gasteiger partial charge in [0.1, 0.15) is 0 Å². The van der Waals surface area contributed by atoms with E-state index in [9.17, 15) is 0 Å². The summed E-state index contributed by atoms with van der Waals surface area (Å²) in [5, 5.41) is 9.00. The average Bonchev–Trinajstić information content (AvgIpc) is 2.30. The van der Waals surface area contributed by atoms with E-state index in [-0.39, 0.29) is 14.5 Å². The third-order valence-corrected chi connectivity index (χ3v) is 4.58. The lowest BCUT2D eigenvalue weighted by atomic mass is 10.4. The van der Waals surface area contributed by atoms with Crippen molar-refractivity contribution in [3.8, 4) is 0 Å². The van der Waals surface area contributed by atoms with Crippen molar-refractivity contribution in [3.63, 3.8) is 0 Å². The van der Waals surface area contributed by atoms with Crippen LogP contribution in [0.2, 0.25) is 0 Å². The summed E-state index contributed by atoms with van der Waals surface area (Å²) in [7, 11) is 0.233. The summed E-state index contributed by atoms with van der Waals surface area (Å²) in [5.74, 6) is 0.768. The van der Waals surface area contributed by atoms with Crippen molar-refractivity contribution in [3.05, 3.63) is 18.0 Å². The zero-order chi connectivity index (χ0) is 10.7. The Hall–Kier alpha value is -0.730. The van der Waals surface area contributed by atoms with Gasteiger partial charge in [-0.3, -0.25) is 0 Å². The lowest BCUT2D eigenvalue weighted by Crippen LogP contribution is -2.34. The molecule has 1 aromatic rings. The Kier molecular flexibility index (Phi) is 3.49. The van der Waals surface area contributed by atoms with Gasteiger partial charge in [0.15, 0.2) is 0 Å². The molecule has 82 valence electrons. The van der Waals surface area contributed by atoms with Crippen LogP contribution in [-0.4, -0.2) is 47.2 Å². The molecule has 0 aliphatic carbocycles. The Labute approximate surface area is 91.1 Å². The first kappa shape index (κ1) is 10.8. The summed E-state index contributed by atoms with van der Waals surface area (Å²) in [5.41, 5.74) is 0.698. The van der Waals surface area contributed by atoms with Gasteiger partial charge >= 0.3 is 0 Å². The van der Waals surface area contributed by atoms with Gasteiger partial charge in [-0.25, -0.2) is 9.97 Å². The van der Waals surface area contributed by atoms with E-state index < -0.39 is 0 Å². The van der Waals surface area contributed by atoms with Gasteiger partial charge in [-0.1, -0.05) is 0 Å². The molecule has 1 fully saturated rings. The van der Waals surface area contributed by atoms with E-state index in [4.69, 9.17) is 5.11 Å². The monoisotopic (exact) mass is 225 g/mol. The van der Waals surface area contributed by atoms with E-state index in [1.165, 1.54) is 12.3 Å². The quantitative estimate of drug-likeness (QED) is 0.760. The fourth-order valence-electron chi connectivity index (χ4n) is 1.63. The van der Waals surface area contributed by atoms with E-state index in [0.29, 0.717) is 5.69 Å². The molecule has 5 heteroatoms. The predicted molar refractivity (Wildman–Crippen MR) is 62.7 cm³/mol. The average molecular weight is 225 g/mol. The van der Waals surface area contributed by atoms with Crippen LogP contribution < -0.4 is 4.90 Å². The Bertz CT molecular complexity index is 326. The molecule has 1 aromatic heterocycles. The largest absolute Gasteiger partial charge is 0.390 e. The first-order chi connectivity index (χ1) is 7.29. The van der Waals surface area contributed by atoms with Gasteiger partial charge < -0.3 is 10.0 Å². The molecule has 1 aliphatic rings. The molecule has 0 aromatic carbocycles. The Morgan fingerprint density at radius 2 is 2.20 bits per heavy atom. The van der Waals surface area contributed by atoms with Gasteiger partial charge in [-0.05, 0) is 25.1 Å². The number of rotatable bonds is 2. The SMILES string of the molecule is CP1CCN(c2nccc(CO)n2)CC1. The first-order valence-corrected chi connectivity index (χ1v) is 7.32. The Morgan fingerprint density at radius 3 is 2.87 bits per heavy atom. The van der Waals surface area contributed by atoms with Crippen molar-refractivity contribution in [1.82, 2.24) is 9.97 Å². The molecule has 1 aliphatic heterocycles. The van der Waals surface area contributed by atoms with E-state index in [2.05, 4.69) is 21.5 Å². The van der Waals surface area contributed by atoms with Crippen LogP contribution in [0.15, 0.2) is 12.3 Å². The molecule has 1 saturated heterocycles. The van der Waals surface area contributed by atoms with Gasteiger partial charge in [0, 0.05) is 19.3 Å². The molecule has 0 saturated carbocycles. The molecular weight excluding hydrogens is 209 g/mol. The first-order valence-electron chi connectivity index (χ1n) is 5.16. The highest BCUT2D eigenvalue weighted by Gasteiger charge is 2.17. The van der Waals surface area contributed by atoms with Crippen LogP contribution in [0, 0.1) is 0 Å². The van der Waals surface area contributed by atoms with E-state index in [1.807, 2.05) is 0 Å². The van der Waals surface area contributed by atoms with Crippen LogP contribution in [0.5, 0.6) is 0 Å². The number of aliphatic hydroxyl groups excluding tert-OH is 1. The van der Waals surface area contributed by atoms with Crippen molar-refractivity contribution in [2.75, 3.05) is 37.0 Å². The molecule has 0 amide bonds. The number of hydrogen-bond donors (Lipinski definition) is 1. The second kappa shape index (κ2) is 4.86. The highest BCUT2D eigenvalue weighted by Crippen LogP contribution is 2.33. The van der Waals surface area contributed by atoms with Gasteiger partial charge in [0.2, 0.25) is 5.95 Å². The molecule has 2 rings (SSSR count). The van der Waals surface area contributed by atoms with E-state index in [0.717, 1.165) is 19.0 Å². The molecule has 2 heterocycles. The maximum absolute atomic E-state index is 9.00. The molecule has 1 N–H and O–H groups in total. The van der Waals surface area contributed by atoms with Gasteiger partial charge in [0.05, 0.1) is 12.3 Å². The third-order valence-electron chi connectivity index (χ3n) is 2.65. The zero-order valence-corrected chi connectivity index (χ0v) is 9.82. The summed E-state index contributed by atoms with van der Waals surface area (Å²) in [6.07, 6.45) is 4.25. The van der Waals surface area contributed by atoms with E-state index >= 15 is 0 Å². The van der Waals surface area contributed by atoms with Crippen LogP contribution in [0.25, 0.3) is 0 Å². The van der Waals surface area contributed by atoms with E-state index in [1.54, 1.807) is 12.3 Å². The number of nitrogens with zero attached hydrogens (tertiary/aromatic N) is 3. The normalized spacial score (nSPS) is 18.1. The third kappa shape index (κ3) is 2.64. The lowest BCUT2D eigenvalue weighted by Gasteiger charge is -2.30. The highest BCUT2D eigenvalue weighted by atomic mass is 31.1. The van der Waals surface area contributed by atoms with Crippen LogP contribution >= 0.6 is 7.92 Å². The Morgan fingerprint density at radius 1 is 1.47 bits per heavy atom. The molecule has 0 unspecified atom stereocenters. The second-order valence-corrected chi connectivity index (χ2v) is 6.40. The fraction of sp³-hybridized carbons (Fsp3) is 0.600. The molecule has 0 radical (unpaired) electrons. The summed E-state index contributed by atoms with van der Waals surface area (Å²) in [4.78, 5) is 10.8. The molecule has 4 nitrogen and oxygen atoms in total. The summed E-state index contributed by atoms with van der Waals surface area (Å²) in [6.45, 7) is 4.44. The smallest absolute Gasteiger partial charge is 0.225 e. The summed E-state index contributed by atoms with van der Waals surface area (Å²) in [6, 6.07) is 1.75. The van der Waals surface area contributed by atoms with Crippen molar-refractivity contribution < 1.29 is 5.11 Å². The molecule has 0 spiro atoms. The lowest BCUT2D eigenvalue weighted by molar-refractivity contribution is 0.276. The highest BCUT2D eigenvalue weighted by molar-refractivity contribution is 7.56. The maximum Gasteiger partial charge on any atom is 0.225 e. The predicted octanol–water partition coefficient (Wildman–Crippen LogP) is 0.901. The molecule has 0 bridgehead atoms. The number of aromatic nitrogens is 2. The van der Waals surface area contributed by atoms with Crippen LogP contribution in [-0.2, 0) is 6.61 Å². The standard InChI is InChI=1S/C10H16N3OP/c1-15-6-4-13(5-7-15)10-11-3-2-9(8-14)12-10/h2-3,14H,4-8H2,1H3. The van der Waals surface area contributed by atoms with Gasteiger partial charge in [0.25, 0.3) is 0 Å². The fourth-order valence-corrected chi connectivity index (χ4v) is 3.02. The topological polar surface area (TPSA) is 49.2 Å². The molecule has 0 atom stereocenters. The van der Waals surface area contributed by atoms with Crippen molar-refractivity contribution >= 4 is 13.9 Å². The maximum atomic E-state index is 9.00. The molecular formula is C10H16N3OP. The van der Waals surface area contributed by atoms with Crippen LogP contribution in [0.1, 0.15) is 5.69 Å². The number of hydrogen-bond acceptors (Lipinski definition) is 4. The minimum absolute atomic E-state index is 0.0101. The minimum Gasteiger partial charge on any atom is -0.390 e. The number of aliphatic hydroxyl groups is 1. The van der Waals surface area contributed by atoms with Gasteiger partial charge in [-0.15, -0.1) is 7.92 Å². The van der Waals surface area contributed by atoms with Crippen molar-refractivity contribution in [2.45, 2.75) is 6.61 Å². The second-order valence-electron chi connectivity index (χ2n) is 3.80. The Balaban J connectivity index is 2.08. The summed E-state index contributed by atoms with van der Waals surface area (Å²) < 4.78 is 0. The van der Waals surface area contributed by atoms with Crippen LogP contribution in [0.3, 0.4) is 0 Å². The van der Waals surface area contributed by atoms with Gasteiger partial charge in [-0.2, -0.15) is 0 Å². The summed E-state index contributed by atoms with van der Waals surface area (Å²) >= 11 is 0. The van der Waals surface area contributed by atoms with Crippen molar-refractivity contribution in [2.24, 2.45) is 0 Å². The molecule has 15 heavy (non-hydrogen) atoms. The van der Waals surface area contributed by atoms with Crippen LogP contribution in [0.4, 0.5) is 5.95 Å². The number of anilines is 1. The zero-order valence-electron chi connectivity index (χ0n) is 8.93.